The first-order valence-electron chi connectivity index (χ1n) is 5.98. The second-order valence-corrected chi connectivity index (χ2v) is 3.73. The normalized spacial score (nSPS) is 12.0. The summed E-state index contributed by atoms with van der Waals surface area (Å²) in [5.74, 6) is 0. The molecule has 0 unspecified atom stereocenters. The molecule has 110 valence electrons. The maximum absolute atomic E-state index is 11.7. The Hall–Kier alpha value is -0.370. The van der Waals surface area contributed by atoms with Crippen LogP contribution in [0, 0.1) is 0 Å². The van der Waals surface area contributed by atoms with E-state index in [-0.39, 0.29) is 6.61 Å². The summed E-state index contributed by atoms with van der Waals surface area (Å²) in [5, 5.41) is 3.00. The van der Waals surface area contributed by atoms with Crippen LogP contribution in [0.25, 0.3) is 0 Å². The fourth-order valence-corrected chi connectivity index (χ4v) is 1.16. The van der Waals surface area contributed by atoms with E-state index in [9.17, 15) is 13.2 Å². The smallest absolute Gasteiger partial charge is 0.382 e. The average molecular weight is 273 g/mol. The van der Waals surface area contributed by atoms with Gasteiger partial charge < -0.3 is 19.5 Å². The maximum Gasteiger partial charge on any atom is 0.411 e. The van der Waals surface area contributed by atoms with Crippen LogP contribution in [0.4, 0.5) is 13.2 Å². The van der Waals surface area contributed by atoms with Crippen LogP contribution in [0.15, 0.2) is 0 Å². The van der Waals surface area contributed by atoms with Gasteiger partial charge in [0, 0.05) is 20.3 Å². The van der Waals surface area contributed by atoms with E-state index in [0.717, 1.165) is 19.4 Å². The molecule has 0 radical (unpaired) electrons. The summed E-state index contributed by atoms with van der Waals surface area (Å²) in [6.45, 7) is 1.94. The zero-order valence-electron chi connectivity index (χ0n) is 10.7. The van der Waals surface area contributed by atoms with Crippen molar-refractivity contribution in [2.24, 2.45) is 0 Å². The quantitative estimate of drug-likeness (QED) is 0.548. The largest absolute Gasteiger partial charge is 0.411 e. The molecule has 0 heterocycles. The summed E-state index contributed by atoms with van der Waals surface area (Å²) >= 11 is 0. The van der Waals surface area contributed by atoms with E-state index in [1.54, 1.807) is 7.11 Å². The van der Waals surface area contributed by atoms with E-state index in [1.807, 2.05) is 0 Å². The molecular weight excluding hydrogens is 251 g/mol. The first-order valence-corrected chi connectivity index (χ1v) is 5.98. The number of rotatable bonds is 12. The van der Waals surface area contributed by atoms with E-state index in [1.165, 1.54) is 0 Å². The second kappa shape index (κ2) is 11.7. The lowest BCUT2D eigenvalue weighted by molar-refractivity contribution is -0.173. The van der Waals surface area contributed by atoms with Gasteiger partial charge in [-0.2, -0.15) is 13.2 Å². The molecule has 0 aliphatic heterocycles. The molecule has 18 heavy (non-hydrogen) atoms. The lowest BCUT2D eigenvalue weighted by Gasteiger charge is -2.08. The molecule has 0 aliphatic carbocycles. The summed E-state index contributed by atoms with van der Waals surface area (Å²) in [6.07, 6.45) is -2.40. The topological polar surface area (TPSA) is 39.7 Å². The van der Waals surface area contributed by atoms with Gasteiger partial charge in [0.1, 0.15) is 6.61 Å². The molecule has 0 atom stereocenters. The molecular formula is C11H22F3NO3. The predicted molar refractivity (Wildman–Crippen MR) is 61.7 cm³/mol. The van der Waals surface area contributed by atoms with Gasteiger partial charge in [-0.05, 0) is 19.4 Å². The standard InChI is InChI=1S/C11H22F3NO3/c1-16-8-9-17-6-3-2-4-15-5-7-18-10-11(12,13)14/h15H,2-10H2,1H3. The predicted octanol–water partition coefficient (Wildman–Crippen LogP) is 1.60. The summed E-state index contributed by atoms with van der Waals surface area (Å²) in [7, 11) is 1.62. The van der Waals surface area contributed by atoms with Crippen molar-refractivity contribution in [3.05, 3.63) is 0 Å². The SMILES string of the molecule is COCCOCCCCNCCOCC(F)(F)F. The van der Waals surface area contributed by atoms with Crippen molar-refractivity contribution in [1.82, 2.24) is 5.32 Å². The van der Waals surface area contributed by atoms with Crippen LogP contribution >= 0.6 is 0 Å². The van der Waals surface area contributed by atoms with E-state index >= 15 is 0 Å². The summed E-state index contributed by atoms with van der Waals surface area (Å²) in [6, 6.07) is 0. The van der Waals surface area contributed by atoms with E-state index < -0.39 is 12.8 Å². The van der Waals surface area contributed by atoms with Gasteiger partial charge in [0.15, 0.2) is 0 Å². The first-order chi connectivity index (χ1) is 8.56. The molecule has 0 bridgehead atoms. The van der Waals surface area contributed by atoms with Gasteiger partial charge in [0.05, 0.1) is 19.8 Å². The van der Waals surface area contributed by atoms with Crippen molar-refractivity contribution in [3.63, 3.8) is 0 Å². The van der Waals surface area contributed by atoms with Crippen molar-refractivity contribution in [3.8, 4) is 0 Å². The highest BCUT2D eigenvalue weighted by molar-refractivity contribution is 4.50. The molecule has 0 aromatic heterocycles. The Labute approximate surface area is 106 Å². The Morgan fingerprint density at radius 1 is 0.889 bits per heavy atom. The molecule has 0 spiro atoms. The lowest BCUT2D eigenvalue weighted by Crippen LogP contribution is -2.24. The van der Waals surface area contributed by atoms with Gasteiger partial charge in [-0.3, -0.25) is 0 Å². The van der Waals surface area contributed by atoms with Crippen LogP contribution in [0.1, 0.15) is 12.8 Å². The summed E-state index contributed by atoms with van der Waals surface area (Å²) < 4.78 is 49.6. The van der Waals surface area contributed by atoms with Crippen LogP contribution in [0.3, 0.4) is 0 Å². The number of unbranched alkanes of at least 4 members (excludes halogenated alkanes) is 1. The van der Waals surface area contributed by atoms with Crippen molar-refractivity contribution in [2.45, 2.75) is 19.0 Å². The van der Waals surface area contributed by atoms with Gasteiger partial charge in [-0.1, -0.05) is 0 Å². The average Bonchev–Trinajstić information content (AvgIpc) is 2.29. The van der Waals surface area contributed by atoms with Gasteiger partial charge in [-0.25, -0.2) is 0 Å². The van der Waals surface area contributed by atoms with Gasteiger partial charge in [0.2, 0.25) is 0 Å². The third kappa shape index (κ3) is 15.6. The zero-order valence-corrected chi connectivity index (χ0v) is 10.7. The highest BCUT2D eigenvalue weighted by Crippen LogP contribution is 2.13. The molecule has 0 aliphatic rings. The van der Waals surface area contributed by atoms with E-state index in [4.69, 9.17) is 9.47 Å². The molecule has 0 amide bonds. The van der Waals surface area contributed by atoms with Crippen LogP contribution in [0.2, 0.25) is 0 Å². The maximum atomic E-state index is 11.7. The molecule has 0 aromatic rings. The third-order valence-electron chi connectivity index (χ3n) is 2.01. The number of hydrogen-bond donors (Lipinski definition) is 1. The molecule has 0 saturated carbocycles. The number of ether oxygens (including phenoxy) is 3. The minimum atomic E-state index is -4.24. The third-order valence-corrected chi connectivity index (χ3v) is 2.01. The van der Waals surface area contributed by atoms with Crippen molar-refractivity contribution in [2.75, 3.05) is 53.2 Å². The Kier molecular flexibility index (Phi) is 11.5. The molecule has 0 saturated heterocycles. The Bertz CT molecular complexity index is 179. The van der Waals surface area contributed by atoms with Crippen LogP contribution in [-0.4, -0.2) is 59.4 Å². The minimum Gasteiger partial charge on any atom is -0.382 e. The van der Waals surface area contributed by atoms with Gasteiger partial charge >= 0.3 is 6.18 Å². The molecule has 0 rings (SSSR count). The lowest BCUT2D eigenvalue weighted by atomic mass is 10.3. The molecule has 7 heteroatoms. The van der Waals surface area contributed by atoms with Crippen molar-refractivity contribution in [1.29, 1.82) is 0 Å². The Morgan fingerprint density at radius 2 is 1.67 bits per heavy atom. The first kappa shape index (κ1) is 17.6. The Balaban J connectivity index is 2.99. The minimum absolute atomic E-state index is 0.0733. The molecule has 0 aromatic carbocycles. The highest BCUT2D eigenvalue weighted by atomic mass is 19.4. The fraction of sp³-hybridized carbons (Fsp3) is 1.00. The van der Waals surface area contributed by atoms with Crippen molar-refractivity contribution >= 4 is 0 Å². The zero-order chi connectivity index (χ0) is 13.7. The van der Waals surface area contributed by atoms with E-state index in [0.29, 0.717) is 26.4 Å². The number of methoxy groups -OCH3 is 1. The van der Waals surface area contributed by atoms with Crippen LogP contribution in [0.5, 0.6) is 0 Å². The summed E-state index contributed by atoms with van der Waals surface area (Å²) in [5.41, 5.74) is 0. The number of nitrogens with one attached hydrogen (secondary N) is 1. The molecule has 4 nitrogen and oxygen atoms in total. The highest BCUT2D eigenvalue weighted by Gasteiger charge is 2.27. The van der Waals surface area contributed by atoms with Gasteiger partial charge in [0.25, 0.3) is 0 Å². The number of alkyl halides is 3. The monoisotopic (exact) mass is 273 g/mol. The summed E-state index contributed by atoms with van der Waals surface area (Å²) in [4.78, 5) is 0. The number of halogens is 3. The molecule has 1 N–H and O–H groups in total. The van der Waals surface area contributed by atoms with Gasteiger partial charge in [-0.15, -0.1) is 0 Å². The van der Waals surface area contributed by atoms with Crippen LogP contribution in [-0.2, 0) is 14.2 Å². The number of hydrogen-bond acceptors (Lipinski definition) is 4. The van der Waals surface area contributed by atoms with E-state index in [2.05, 4.69) is 10.1 Å². The van der Waals surface area contributed by atoms with Crippen molar-refractivity contribution < 1.29 is 27.4 Å². The Morgan fingerprint density at radius 3 is 2.33 bits per heavy atom. The fourth-order valence-electron chi connectivity index (χ4n) is 1.16. The molecule has 0 fully saturated rings. The van der Waals surface area contributed by atoms with Crippen LogP contribution < -0.4 is 5.32 Å². The second-order valence-electron chi connectivity index (χ2n) is 3.73.